The Morgan fingerprint density at radius 1 is 1.35 bits per heavy atom. The lowest BCUT2D eigenvalue weighted by molar-refractivity contribution is -0.146. The van der Waals surface area contributed by atoms with Crippen molar-refractivity contribution in [2.24, 2.45) is 0 Å². The summed E-state index contributed by atoms with van der Waals surface area (Å²) in [4.78, 5) is 12.8. The Morgan fingerprint density at radius 3 is 2.70 bits per heavy atom. The third-order valence-corrected chi connectivity index (χ3v) is 4.25. The van der Waals surface area contributed by atoms with Gasteiger partial charge in [-0.15, -0.1) is 0 Å². The Morgan fingerprint density at radius 2 is 2.09 bits per heavy atom. The Bertz CT molecular complexity index is 586. The minimum Gasteiger partial charge on any atom is -0.497 e. The number of carbonyl (C=O) groups excluding carboxylic acids is 1. The van der Waals surface area contributed by atoms with E-state index in [-0.39, 0.29) is 5.91 Å². The fourth-order valence-corrected chi connectivity index (χ4v) is 2.95. The molecule has 2 rings (SSSR count). The molecule has 0 aliphatic heterocycles. The fraction of sp³-hybridized carbons (Fsp3) is 0.556. The number of benzene rings is 1. The van der Waals surface area contributed by atoms with Crippen molar-refractivity contribution in [3.8, 4) is 11.8 Å². The molecule has 0 spiro atoms. The fourth-order valence-electron chi connectivity index (χ4n) is 2.95. The largest absolute Gasteiger partial charge is 0.497 e. The number of rotatable bonds is 6. The zero-order valence-electron chi connectivity index (χ0n) is 13.9. The van der Waals surface area contributed by atoms with E-state index in [0.717, 1.165) is 38.5 Å². The van der Waals surface area contributed by atoms with E-state index in [1.165, 1.54) is 0 Å². The maximum absolute atomic E-state index is 12.8. The van der Waals surface area contributed by atoms with Gasteiger partial charge in [-0.25, -0.2) is 0 Å². The zero-order chi connectivity index (χ0) is 16.7. The first-order valence-electron chi connectivity index (χ1n) is 8.19. The lowest BCUT2D eigenvalue weighted by Crippen LogP contribution is -2.47. The lowest BCUT2D eigenvalue weighted by atomic mass is 9.83. The van der Waals surface area contributed by atoms with Crippen LogP contribution >= 0.6 is 0 Å². The number of carbonyl (C=O) groups is 1. The molecule has 1 aliphatic rings. The normalized spacial score (nSPS) is 16.4. The maximum atomic E-state index is 12.8. The van der Waals surface area contributed by atoms with Crippen LogP contribution in [0, 0.1) is 11.3 Å². The summed E-state index contributed by atoms with van der Waals surface area (Å²) in [5.74, 6) is 0.446. The second kappa shape index (κ2) is 7.98. The summed E-state index contributed by atoms with van der Waals surface area (Å²) in [6, 6.07) is 7.15. The van der Waals surface area contributed by atoms with Gasteiger partial charge in [0, 0.05) is 6.61 Å². The summed E-state index contributed by atoms with van der Waals surface area (Å²) in [7, 11) is 1.55. The first-order valence-corrected chi connectivity index (χ1v) is 8.19. The quantitative estimate of drug-likeness (QED) is 0.870. The monoisotopic (exact) mass is 316 g/mol. The lowest BCUT2D eigenvalue weighted by Gasteiger charge is -2.35. The van der Waals surface area contributed by atoms with Gasteiger partial charge in [0.2, 0.25) is 0 Å². The van der Waals surface area contributed by atoms with E-state index < -0.39 is 5.60 Å². The van der Waals surface area contributed by atoms with E-state index in [0.29, 0.717) is 23.6 Å². The van der Waals surface area contributed by atoms with Crippen molar-refractivity contribution in [3.05, 3.63) is 23.8 Å². The number of methoxy groups -OCH3 is 1. The average Bonchev–Trinajstić information content (AvgIpc) is 2.61. The third-order valence-electron chi connectivity index (χ3n) is 4.25. The van der Waals surface area contributed by atoms with Crippen molar-refractivity contribution < 1.29 is 14.3 Å². The first-order chi connectivity index (χ1) is 11.1. The third kappa shape index (κ3) is 4.02. The molecule has 1 fully saturated rings. The Balaban J connectivity index is 2.20. The average molecular weight is 316 g/mol. The van der Waals surface area contributed by atoms with Crippen LogP contribution < -0.4 is 10.1 Å². The van der Waals surface area contributed by atoms with Crippen LogP contribution in [0.4, 0.5) is 5.69 Å². The molecule has 0 aromatic heterocycles. The van der Waals surface area contributed by atoms with Gasteiger partial charge in [-0.3, -0.25) is 4.79 Å². The van der Waals surface area contributed by atoms with Gasteiger partial charge in [-0.05, 0) is 37.5 Å². The zero-order valence-corrected chi connectivity index (χ0v) is 13.9. The van der Waals surface area contributed by atoms with Gasteiger partial charge in [0.15, 0.2) is 0 Å². The topological polar surface area (TPSA) is 71.3 Å². The van der Waals surface area contributed by atoms with Gasteiger partial charge in [0.1, 0.15) is 17.4 Å². The molecule has 23 heavy (non-hydrogen) atoms. The minimum atomic E-state index is -0.763. The highest BCUT2D eigenvalue weighted by atomic mass is 16.5. The van der Waals surface area contributed by atoms with Crippen LogP contribution in [0.5, 0.6) is 5.75 Å². The molecule has 0 bridgehead atoms. The van der Waals surface area contributed by atoms with Gasteiger partial charge in [0.05, 0.1) is 18.4 Å². The Labute approximate surface area is 137 Å². The molecule has 1 aromatic rings. The van der Waals surface area contributed by atoms with Crippen LogP contribution in [0.1, 0.15) is 51.0 Å². The number of hydrogen-bond donors (Lipinski definition) is 1. The van der Waals surface area contributed by atoms with E-state index in [4.69, 9.17) is 9.47 Å². The molecule has 0 heterocycles. The smallest absolute Gasteiger partial charge is 0.256 e. The molecule has 1 aliphatic carbocycles. The molecule has 1 N–H and O–H groups in total. The molecular weight excluding hydrogens is 292 g/mol. The number of nitrogens with one attached hydrogen (secondary N) is 1. The first kappa shape index (κ1) is 17.3. The van der Waals surface area contributed by atoms with Crippen molar-refractivity contribution in [2.45, 2.75) is 51.0 Å². The predicted molar refractivity (Wildman–Crippen MR) is 88.4 cm³/mol. The van der Waals surface area contributed by atoms with E-state index in [9.17, 15) is 10.1 Å². The summed E-state index contributed by atoms with van der Waals surface area (Å²) in [5.41, 5.74) is 0.128. The molecule has 0 radical (unpaired) electrons. The van der Waals surface area contributed by atoms with Crippen LogP contribution in [0.3, 0.4) is 0 Å². The minimum absolute atomic E-state index is 0.146. The number of ether oxygens (including phenoxy) is 2. The molecule has 1 amide bonds. The Kier molecular flexibility index (Phi) is 6.00. The van der Waals surface area contributed by atoms with Gasteiger partial charge < -0.3 is 14.8 Å². The SMILES string of the molecule is CCCOC1(C(=O)Nc2ccc(OC)cc2C#N)CCCCC1. The van der Waals surface area contributed by atoms with Gasteiger partial charge in [-0.1, -0.05) is 26.2 Å². The molecule has 5 nitrogen and oxygen atoms in total. The van der Waals surface area contributed by atoms with E-state index >= 15 is 0 Å². The van der Waals surface area contributed by atoms with Crippen LogP contribution in [0.15, 0.2) is 18.2 Å². The number of nitriles is 1. The summed E-state index contributed by atoms with van der Waals surface area (Å²) >= 11 is 0. The highest BCUT2D eigenvalue weighted by Gasteiger charge is 2.40. The predicted octanol–water partition coefficient (Wildman–Crippen LogP) is 3.63. The van der Waals surface area contributed by atoms with Gasteiger partial charge in [-0.2, -0.15) is 5.26 Å². The van der Waals surface area contributed by atoms with Crippen molar-refractivity contribution in [2.75, 3.05) is 19.0 Å². The van der Waals surface area contributed by atoms with Crippen LogP contribution in [0.2, 0.25) is 0 Å². The van der Waals surface area contributed by atoms with Crippen molar-refractivity contribution in [3.63, 3.8) is 0 Å². The summed E-state index contributed by atoms with van der Waals surface area (Å²) < 4.78 is 11.1. The molecule has 124 valence electrons. The second-order valence-corrected chi connectivity index (χ2v) is 5.88. The van der Waals surface area contributed by atoms with Gasteiger partial charge in [0.25, 0.3) is 5.91 Å². The number of hydrogen-bond acceptors (Lipinski definition) is 4. The molecule has 5 heteroatoms. The summed E-state index contributed by atoms with van der Waals surface area (Å²) in [6.07, 6.45) is 5.46. The summed E-state index contributed by atoms with van der Waals surface area (Å²) in [6.45, 7) is 2.60. The van der Waals surface area contributed by atoms with E-state index in [1.54, 1.807) is 25.3 Å². The molecule has 0 unspecified atom stereocenters. The van der Waals surface area contributed by atoms with Crippen LogP contribution in [-0.2, 0) is 9.53 Å². The van der Waals surface area contributed by atoms with Crippen molar-refractivity contribution in [1.82, 2.24) is 0 Å². The number of anilines is 1. The van der Waals surface area contributed by atoms with Gasteiger partial charge >= 0.3 is 0 Å². The van der Waals surface area contributed by atoms with E-state index in [2.05, 4.69) is 11.4 Å². The maximum Gasteiger partial charge on any atom is 0.256 e. The van der Waals surface area contributed by atoms with E-state index in [1.807, 2.05) is 6.92 Å². The molecule has 0 atom stereocenters. The van der Waals surface area contributed by atoms with Crippen LogP contribution in [0.25, 0.3) is 0 Å². The number of nitrogens with zero attached hydrogens (tertiary/aromatic N) is 1. The van der Waals surface area contributed by atoms with Crippen molar-refractivity contribution >= 4 is 11.6 Å². The molecule has 1 aromatic carbocycles. The highest BCUT2D eigenvalue weighted by Crippen LogP contribution is 2.33. The second-order valence-electron chi connectivity index (χ2n) is 5.88. The molecular formula is C18H24N2O3. The van der Waals surface area contributed by atoms with Crippen LogP contribution in [-0.4, -0.2) is 25.2 Å². The molecule has 1 saturated carbocycles. The standard InChI is InChI=1S/C18H24N2O3/c1-3-11-23-18(9-5-4-6-10-18)17(21)20-16-8-7-15(22-2)12-14(16)13-19/h7-8,12H,3-6,9-11H2,1-2H3,(H,20,21). The summed E-state index contributed by atoms with van der Waals surface area (Å²) in [5, 5.41) is 12.2. The molecule has 0 saturated heterocycles. The van der Waals surface area contributed by atoms with Crippen molar-refractivity contribution in [1.29, 1.82) is 5.26 Å². The highest BCUT2D eigenvalue weighted by molar-refractivity contribution is 5.98. The Hall–Kier alpha value is -2.06. The number of amides is 1.